The summed E-state index contributed by atoms with van der Waals surface area (Å²) in [4.78, 5) is 11.2. The quantitative estimate of drug-likeness (QED) is 0.836. The van der Waals surface area contributed by atoms with Crippen molar-refractivity contribution in [1.82, 2.24) is 0 Å². The zero-order valence-corrected chi connectivity index (χ0v) is 10.0. The second-order valence-corrected chi connectivity index (χ2v) is 5.41. The number of carboxylic acid groups (broad SMARTS) is 1. The van der Waals surface area contributed by atoms with Gasteiger partial charge in [0, 0.05) is 0 Å². The Morgan fingerprint density at radius 2 is 2.06 bits per heavy atom. The van der Waals surface area contributed by atoms with E-state index < -0.39 is 11.2 Å². The molecule has 0 bridgehead atoms. The van der Waals surface area contributed by atoms with Crippen LogP contribution in [-0.4, -0.2) is 16.8 Å². The Morgan fingerprint density at radius 1 is 1.24 bits per heavy atom. The minimum Gasteiger partial charge on any atom is -0.480 e. The molecule has 0 radical (unpaired) electrons. The van der Waals surface area contributed by atoms with E-state index in [2.05, 4.69) is 12.1 Å². The van der Waals surface area contributed by atoms with Crippen molar-refractivity contribution < 1.29 is 9.90 Å². The third-order valence-corrected chi connectivity index (χ3v) is 4.45. The minimum absolute atomic E-state index is 0.400. The highest BCUT2D eigenvalue weighted by atomic mass is 32.2. The van der Waals surface area contributed by atoms with Gasteiger partial charge in [-0.2, -0.15) is 0 Å². The molecule has 1 atom stereocenters. The van der Waals surface area contributed by atoms with E-state index >= 15 is 0 Å². The molecule has 0 aromatic heterocycles. The van der Waals surface area contributed by atoms with E-state index in [9.17, 15) is 9.90 Å². The number of thioether (sulfide) groups is 1. The number of rotatable bonds is 1. The van der Waals surface area contributed by atoms with Crippen LogP contribution in [0.1, 0.15) is 16.4 Å². The zero-order valence-electron chi connectivity index (χ0n) is 9.22. The SMILES string of the molecule is O=C(O)C1SCCc2c1ccc1ccccc21. The summed E-state index contributed by atoms with van der Waals surface area (Å²) in [5, 5.41) is 11.2. The van der Waals surface area contributed by atoms with Gasteiger partial charge in [0.1, 0.15) is 5.25 Å². The predicted octanol–water partition coefficient (Wildman–Crippen LogP) is 3.25. The lowest BCUT2D eigenvalue weighted by Crippen LogP contribution is -2.16. The average Bonchev–Trinajstić information content (AvgIpc) is 2.37. The lowest BCUT2D eigenvalue weighted by atomic mass is 9.95. The lowest BCUT2D eigenvalue weighted by molar-refractivity contribution is -0.136. The van der Waals surface area contributed by atoms with Gasteiger partial charge < -0.3 is 5.11 Å². The molecule has 1 aliphatic heterocycles. The van der Waals surface area contributed by atoms with Gasteiger partial charge in [-0.25, -0.2) is 0 Å². The highest BCUT2D eigenvalue weighted by molar-refractivity contribution is 8.00. The Labute approximate surface area is 104 Å². The average molecular weight is 244 g/mol. The summed E-state index contributed by atoms with van der Waals surface area (Å²) in [6, 6.07) is 12.2. The van der Waals surface area contributed by atoms with Crippen molar-refractivity contribution in [1.29, 1.82) is 0 Å². The monoisotopic (exact) mass is 244 g/mol. The molecular formula is C14H12O2S. The number of carboxylic acids is 1. The first-order valence-electron chi connectivity index (χ1n) is 5.62. The number of hydrogen-bond acceptors (Lipinski definition) is 2. The summed E-state index contributed by atoms with van der Waals surface area (Å²) >= 11 is 1.52. The molecule has 2 aromatic rings. The zero-order chi connectivity index (χ0) is 11.8. The van der Waals surface area contributed by atoms with E-state index in [0.717, 1.165) is 17.7 Å². The number of aliphatic carboxylic acids is 1. The van der Waals surface area contributed by atoms with Crippen LogP contribution in [0.25, 0.3) is 10.8 Å². The first-order chi connectivity index (χ1) is 8.27. The molecule has 3 heteroatoms. The molecule has 1 unspecified atom stereocenters. The number of carbonyl (C=O) groups is 1. The van der Waals surface area contributed by atoms with Crippen molar-refractivity contribution in [3.8, 4) is 0 Å². The molecular weight excluding hydrogens is 232 g/mol. The minimum atomic E-state index is -0.730. The fourth-order valence-electron chi connectivity index (χ4n) is 2.45. The highest BCUT2D eigenvalue weighted by Gasteiger charge is 2.27. The molecule has 1 heterocycles. The van der Waals surface area contributed by atoms with Crippen molar-refractivity contribution >= 4 is 28.5 Å². The van der Waals surface area contributed by atoms with E-state index in [-0.39, 0.29) is 0 Å². The van der Waals surface area contributed by atoms with Crippen molar-refractivity contribution in [2.24, 2.45) is 0 Å². The predicted molar refractivity (Wildman–Crippen MR) is 70.5 cm³/mol. The Morgan fingerprint density at radius 3 is 2.88 bits per heavy atom. The molecule has 17 heavy (non-hydrogen) atoms. The van der Waals surface area contributed by atoms with Gasteiger partial charge in [-0.1, -0.05) is 36.4 Å². The van der Waals surface area contributed by atoms with E-state index in [4.69, 9.17) is 0 Å². The van der Waals surface area contributed by atoms with Gasteiger partial charge >= 0.3 is 5.97 Å². The molecule has 1 aliphatic rings. The Hall–Kier alpha value is -1.48. The van der Waals surface area contributed by atoms with Crippen LogP contribution >= 0.6 is 11.8 Å². The van der Waals surface area contributed by atoms with Gasteiger partial charge in [-0.3, -0.25) is 4.79 Å². The molecule has 0 saturated heterocycles. The van der Waals surface area contributed by atoms with Crippen molar-refractivity contribution in [2.75, 3.05) is 5.75 Å². The Kier molecular flexibility index (Phi) is 2.56. The fraction of sp³-hybridized carbons (Fsp3) is 0.214. The maximum Gasteiger partial charge on any atom is 0.321 e. The van der Waals surface area contributed by atoms with E-state index in [1.807, 2.05) is 24.3 Å². The first-order valence-corrected chi connectivity index (χ1v) is 6.67. The largest absolute Gasteiger partial charge is 0.480 e. The van der Waals surface area contributed by atoms with Crippen LogP contribution < -0.4 is 0 Å². The lowest BCUT2D eigenvalue weighted by Gasteiger charge is -2.23. The molecule has 3 rings (SSSR count). The topological polar surface area (TPSA) is 37.3 Å². The summed E-state index contributed by atoms with van der Waals surface area (Å²) < 4.78 is 0. The summed E-state index contributed by atoms with van der Waals surface area (Å²) in [6.07, 6.45) is 0.963. The van der Waals surface area contributed by atoms with Gasteiger partial charge in [0.15, 0.2) is 0 Å². The molecule has 0 spiro atoms. The number of aryl methyl sites for hydroxylation is 1. The van der Waals surface area contributed by atoms with Crippen LogP contribution in [0.5, 0.6) is 0 Å². The maximum atomic E-state index is 11.2. The van der Waals surface area contributed by atoms with Gasteiger partial charge in [0.05, 0.1) is 0 Å². The third-order valence-electron chi connectivity index (χ3n) is 3.22. The Balaban J connectivity index is 2.26. The van der Waals surface area contributed by atoms with Gasteiger partial charge in [0.2, 0.25) is 0 Å². The smallest absolute Gasteiger partial charge is 0.321 e. The van der Waals surface area contributed by atoms with Crippen LogP contribution in [0.2, 0.25) is 0 Å². The van der Waals surface area contributed by atoms with Crippen molar-refractivity contribution in [3.05, 3.63) is 47.5 Å². The molecule has 0 aliphatic carbocycles. The second kappa shape index (κ2) is 4.08. The van der Waals surface area contributed by atoms with Crippen LogP contribution in [0.15, 0.2) is 36.4 Å². The standard InChI is InChI=1S/C14H12O2S/c15-14(16)13-12-6-5-9-3-1-2-4-10(9)11(12)7-8-17-13/h1-6,13H,7-8H2,(H,15,16). The molecule has 0 fully saturated rings. The van der Waals surface area contributed by atoms with E-state index in [0.29, 0.717) is 0 Å². The summed E-state index contributed by atoms with van der Waals surface area (Å²) in [6.45, 7) is 0. The first kappa shape index (κ1) is 10.7. The fourth-order valence-corrected chi connectivity index (χ4v) is 3.55. The molecule has 1 N–H and O–H groups in total. The van der Waals surface area contributed by atoms with Crippen LogP contribution in [-0.2, 0) is 11.2 Å². The van der Waals surface area contributed by atoms with Crippen LogP contribution in [0.3, 0.4) is 0 Å². The van der Waals surface area contributed by atoms with E-state index in [1.54, 1.807) is 0 Å². The van der Waals surface area contributed by atoms with Crippen LogP contribution in [0, 0.1) is 0 Å². The molecule has 86 valence electrons. The van der Waals surface area contributed by atoms with Gasteiger partial charge in [0.25, 0.3) is 0 Å². The number of fused-ring (bicyclic) bond motifs is 3. The Bertz CT molecular complexity index is 592. The highest BCUT2D eigenvalue weighted by Crippen LogP contribution is 2.39. The maximum absolute atomic E-state index is 11.2. The van der Waals surface area contributed by atoms with E-state index in [1.165, 1.54) is 28.1 Å². The number of hydrogen-bond donors (Lipinski definition) is 1. The molecule has 0 saturated carbocycles. The summed E-state index contributed by atoms with van der Waals surface area (Å²) in [7, 11) is 0. The van der Waals surface area contributed by atoms with Gasteiger partial charge in [-0.15, -0.1) is 11.8 Å². The molecule has 0 amide bonds. The van der Waals surface area contributed by atoms with Crippen LogP contribution in [0.4, 0.5) is 0 Å². The van der Waals surface area contributed by atoms with Crippen molar-refractivity contribution in [3.63, 3.8) is 0 Å². The third kappa shape index (κ3) is 1.71. The summed E-state index contributed by atoms with van der Waals surface area (Å²) in [5.41, 5.74) is 2.20. The molecule has 2 aromatic carbocycles. The normalized spacial score (nSPS) is 18.9. The summed E-state index contributed by atoms with van der Waals surface area (Å²) in [5.74, 6) is 0.157. The second-order valence-electron chi connectivity index (χ2n) is 4.19. The van der Waals surface area contributed by atoms with Gasteiger partial charge in [-0.05, 0) is 34.1 Å². The van der Waals surface area contributed by atoms with Crippen molar-refractivity contribution in [2.45, 2.75) is 11.7 Å². The number of benzene rings is 2. The molecule has 2 nitrogen and oxygen atoms in total.